The van der Waals surface area contributed by atoms with Crippen LogP contribution >= 0.6 is 0 Å². The van der Waals surface area contributed by atoms with Gasteiger partial charge in [0.1, 0.15) is 17.1 Å². The third-order valence-electron chi connectivity index (χ3n) is 2.21. The molecule has 0 fully saturated rings. The van der Waals surface area contributed by atoms with Gasteiger partial charge in [-0.15, -0.1) is 0 Å². The molecule has 0 atom stereocenters. The van der Waals surface area contributed by atoms with Gasteiger partial charge in [0.2, 0.25) is 0 Å². The second kappa shape index (κ2) is 3.82. The normalized spacial score (nSPS) is 10.4. The van der Waals surface area contributed by atoms with Crippen molar-refractivity contribution in [1.29, 1.82) is 0 Å². The summed E-state index contributed by atoms with van der Waals surface area (Å²) < 4.78 is 9.27. The predicted octanol–water partition coefficient (Wildman–Crippen LogP) is 0.991. The minimum atomic E-state index is -0.775. The van der Waals surface area contributed by atoms with E-state index in [1.54, 1.807) is 0 Å². The van der Waals surface area contributed by atoms with Gasteiger partial charge in [0.05, 0.1) is 18.1 Å². The highest BCUT2D eigenvalue weighted by Crippen LogP contribution is 2.31. The number of phenols is 2. The van der Waals surface area contributed by atoms with Crippen LogP contribution in [0, 0.1) is 0 Å². The molecule has 1 heterocycles. The van der Waals surface area contributed by atoms with Crippen molar-refractivity contribution in [1.82, 2.24) is 0 Å². The van der Waals surface area contributed by atoms with Crippen LogP contribution in [0.25, 0.3) is 11.0 Å². The third-order valence-corrected chi connectivity index (χ3v) is 2.21. The Labute approximate surface area is 94.7 Å². The van der Waals surface area contributed by atoms with Crippen LogP contribution in [0.5, 0.6) is 11.5 Å². The van der Waals surface area contributed by atoms with Gasteiger partial charge in [0, 0.05) is 18.2 Å². The third kappa shape index (κ3) is 1.80. The summed E-state index contributed by atoms with van der Waals surface area (Å²) in [6.45, 7) is 0. The van der Waals surface area contributed by atoms with Crippen LogP contribution in [0.2, 0.25) is 0 Å². The first kappa shape index (κ1) is 11.0. The van der Waals surface area contributed by atoms with Gasteiger partial charge in [-0.25, -0.2) is 9.59 Å². The monoisotopic (exact) mass is 236 g/mol. The zero-order chi connectivity index (χ0) is 12.6. The molecule has 1 aromatic heterocycles. The Hall–Kier alpha value is -2.50. The zero-order valence-corrected chi connectivity index (χ0v) is 8.76. The Morgan fingerprint density at radius 3 is 2.65 bits per heavy atom. The maximum atomic E-state index is 11.4. The van der Waals surface area contributed by atoms with Gasteiger partial charge in [0.25, 0.3) is 0 Å². The molecular weight excluding hydrogens is 228 g/mol. The Bertz CT molecular complexity index is 655. The lowest BCUT2D eigenvalue weighted by Gasteiger charge is -2.05. The van der Waals surface area contributed by atoms with E-state index in [1.165, 1.54) is 0 Å². The second-order valence-electron chi connectivity index (χ2n) is 3.31. The van der Waals surface area contributed by atoms with Crippen LogP contribution < -0.4 is 5.63 Å². The molecule has 0 aliphatic heterocycles. The molecule has 0 unspecified atom stereocenters. The number of carbonyl (C=O) groups excluding carboxylic acids is 1. The van der Waals surface area contributed by atoms with Gasteiger partial charge >= 0.3 is 11.6 Å². The highest BCUT2D eigenvalue weighted by molar-refractivity contribution is 6.05. The molecule has 0 amide bonds. The van der Waals surface area contributed by atoms with Gasteiger partial charge in [-0.2, -0.15) is 0 Å². The number of rotatable bonds is 1. The first-order valence-electron chi connectivity index (χ1n) is 4.61. The van der Waals surface area contributed by atoms with Gasteiger partial charge in [-0.1, -0.05) is 0 Å². The van der Waals surface area contributed by atoms with Crippen molar-refractivity contribution in [2.24, 2.45) is 0 Å². The molecule has 0 spiro atoms. The van der Waals surface area contributed by atoms with Gasteiger partial charge in [-0.05, 0) is 0 Å². The average molecular weight is 236 g/mol. The molecule has 0 saturated heterocycles. The van der Waals surface area contributed by atoms with Gasteiger partial charge in [-0.3, -0.25) is 0 Å². The van der Waals surface area contributed by atoms with Crippen LogP contribution in [0.3, 0.4) is 0 Å². The standard InChI is InChI=1S/C11H8O6/c1-16-11(15)6-4-9(14)17-8-3-5(12)2-7(13)10(6)8/h2-4,12-13H,1H3. The van der Waals surface area contributed by atoms with Crippen molar-refractivity contribution in [2.45, 2.75) is 0 Å². The summed E-state index contributed by atoms with van der Waals surface area (Å²) in [5.74, 6) is -1.42. The number of methoxy groups -OCH3 is 1. The van der Waals surface area contributed by atoms with E-state index < -0.39 is 11.6 Å². The van der Waals surface area contributed by atoms with E-state index in [4.69, 9.17) is 4.42 Å². The molecule has 0 saturated carbocycles. The molecular formula is C11H8O6. The lowest BCUT2D eigenvalue weighted by atomic mass is 10.1. The fraction of sp³-hybridized carbons (Fsp3) is 0.0909. The SMILES string of the molecule is COC(=O)c1cc(=O)oc2cc(O)cc(O)c12. The molecule has 0 bridgehead atoms. The van der Waals surface area contributed by atoms with Gasteiger partial charge < -0.3 is 19.4 Å². The highest BCUT2D eigenvalue weighted by Gasteiger charge is 2.17. The summed E-state index contributed by atoms with van der Waals surface area (Å²) in [7, 11) is 1.15. The van der Waals surface area contributed by atoms with Crippen LogP contribution in [0.4, 0.5) is 0 Å². The fourth-order valence-corrected chi connectivity index (χ4v) is 1.54. The summed E-state index contributed by atoms with van der Waals surface area (Å²) >= 11 is 0. The largest absolute Gasteiger partial charge is 0.508 e. The molecule has 1 aromatic carbocycles. The molecule has 2 aromatic rings. The molecule has 2 N–H and O–H groups in total. The van der Waals surface area contributed by atoms with Crippen molar-refractivity contribution in [3.05, 3.63) is 34.2 Å². The lowest BCUT2D eigenvalue weighted by Crippen LogP contribution is -2.08. The Morgan fingerprint density at radius 1 is 1.29 bits per heavy atom. The quantitative estimate of drug-likeness (QED) is 0.566. The maximum absolute atomic E-state index is 11.4. The molecule has 2 rings (SSSR count). The fourth-order valence-electron chi connectivity index (χ4n) is 1.54. The molecule has 0 radical (unpaired) electrons. The van der Waals surface area contributed by atoms with Crippen LogP contribution in [0.1, 0.15) is 10.4 Å². The minimum Gasteiger partial charge on any atom is -0.508 e. The van der Waals surface area contributed by atoms with Crippen LogP contribution in [-0.4, -0.2) is 23.3 Å². The lowest BCUT2D eigenvalue weighted by molar-refractivity contribution is 0.0602. The molecule has 17 heavy (non-hydrogen) atoms. The van der Waals surface area contributed by atoms with Crippen molar-refractivity contribution in [2.75, 3.05) is 7.11 Å². The number of carbonyl (C=O) groups is 1. The first-order valence-corrected chi connectivity index (χ1v) is 4.61. The predicted molar refractivity (Wildman–Crippen MR) is 57.2 cm³/mol. The second-order valence-corrected chi connectivity index (χ2v) is 3.31. The molecule has 0 aliphatic rings. The molecule has 88 valence electrons. The van der Waals surface area contributed by atoms with E-state index in [-0.39, 0.29) is 28.0 Å². The minimum absolute atomic E-state index is 0.0225. The first-order chi connectivity index (χ1) is 8.02. The van der Waals surface area contributed by atoms with E-state index >= 15 is 0 Å². The van der Waals surface area contributed by atoms with Crippen molar-refractivity contribution in [3.63, 3.8) is 0 Å². The summed E-state index contributed by atoms with van der Waals surface area (Å²) in [5.41, 5.74) is -0.977. The maximum Gasteiger partial charge on any atom is 0.339 e. The summed E-state index contributed by atoms with van der Waals surface area (Å²) in [4.78, 5) is 22.6. The summed E-state index contributed by atoms with van der Waals surface area (Å²) in [5, 5.41) is 18.9. The molecule has 6 nitrogen and oxygen atoms in total. The van der Waals surface area contributed by atoms with Gasteiger partial charge in [0.15, 0.2) is 0 Å². The number of esters is 1. The van der Waals surface area contributed by atoms with E-state index in [1.807, 2.05) is 0 Å². The van der Waals surface area contributed by atoms with Crippen LogP contribution in [0.15, 0.2) is 27.4 Å². The Balaban J connectivity index is 2.92. The number of hydrogen-bond donors (Lipinski definition) is 2. The topological polar surface area (TPSA) is 97.0 Å². The van der Waals surface area contributed by atoms with Crippen molar-refractivity contribution in [3.8, 4) is 11.5 Å². The zero-order valence-electron chi connectivity index (χ0n) is 8.76. The Morgan fingerprint density at radius 2 is 2.00 bits per heavy atom. The smallest absolute Gasteiger partial charge is 0.339 e. The van der Waals surface area contributed by atoms with E-state index in [0.717, 1.165) is 25.3 Å². The number of hydrogen-bond acceptors (Lipinski definition) is 6. The molecule has 0 aliphatic carbocycles. The summed E-state index contributed by atoms with van der Waals surface area (Å²) in [6.07, 6.45) is 0. The molecule has 6 heteroatoms. The number of fused-ring (bicyclic) bond motifs is 1. The van der Waals surface area contributed by atoms with Crippen molar-refractivity contribution < 1.29 is 24.2 Å². The van der Waals surface area contributed by atoms with E-state index in [0.29, 0.717) is 0 Å². The number of benzene rings is 1. The summed E-state index contributed by atoms with van der Waals surface area (Å²) in [6, 6.07) is 3.09. The number of phenolic OH excluding ortho intramolecular Hbond substituents is 2. The number of ether oxygens (including phenoxy) is 1. The average Bonchev–Trinajstić information content (AvgIpc) is 2.25. The number of aromatic hydroxyl groups is 2. The van der Waals surface area contributed by atoms with Crippen LogP contribution in [-0.2, 0) is 4.74 Å². The van der Waals surface area contributed by atoms with E-state index in [2.05, 4.69) is 4.74 Å². The van der Waals surface area contributed by atoms with E-state index in [9.17, 15) is 19.8 Å². The van der Waals surface area contributed by atoms with Crippen molar-refractivity contribution >= 4 is 16.9 Å². The highest BCUT2D eigenvalue weighted by atomic mass is 16.5. The Kier molecular flexibility index (Phi) is 2.47.